The van der Waals surface area contributed by atoms with E-state index < -0.39 is 18.4 Å². The molecule has 0 spiro atoms. The van der Waals surface area contributed by atoms with Gasteiger partial charge in [-0.2, -0.15) is 0 Å². The van der Waals surface area contributed by atoms with Gasteiger partial charge in [0.15, 0.2) is 0 Å². The van der Waals surface area contributed by atoms with E-state index >= 15 is 0 Å². The van der Waals surface area contributed by atoms with Gasteiger partial charge in [-0.1, -0.05) is 0 Å². The molecule has 1 saturated carbocycles. The van der Waals surface area contributed by atoms with Crippen LogP contribution < -0.4 is 0 Å². The Balaban J connectivity index is 1.97. The summed E-state index contributed by atoms with van der Waals surface area (Å²) in [6.07, 6.45) is 15.4. The molecule has 30 heavy (non-hydrogen) atoms. The topological polar surface area (TPSA) is 26.3 Å². The quantitative estimate of drug-likeness (QED) is 0.126. The number of carbonyl (C=O) groups excluding carboxylic acids is 1. The molecule has 0 N–H and O–H groups in total. The van der Waals surface area contributed by atoms with Gasteiger partial charge in [0.25, 0.3) is 0 Å². The van der Waals surface area contributed by atoms with Crippen molar-refractivity contribution in [1.29, 1.82) is 0 Å². The molecule has 0 amide bonds. The van der Waals surface area contributed by atoms with Crippen molar-refractivity contribution >= 4 is 24.3 Å². The van der Waals surface area contributed by atoms with Crippen LogP contribution in [-0.2, 0) is 9.53 Å². The van der Waals surface area contributed by atoms with Gasteiger partial charge in [-0.15, -0.1) is 0 Å². The van der Waals surface area contributed by atoms with Gasteiger partial charge in [-0.3, -0.25) is 0 Å². The van der Waals surface area contributed by atoms with Crippen LogP contribution in [0.4, 0.5) is 0 Å². The van der Waals surface area contributed by atoms with Crippen LogP contribution in [0, 0.1) is 17.3 Å². The molecule has 0 aromatic carbocycles. The molecule has 0 aromatic rings. The van der Waals surface area contributed by atoms with Gasteiger partial charge >= 0.3 is 191 Å². The van der Waals surface area contributed by atoms with Crippen LogP contribution in [0.15, 0.2) is 21.3 Å². The minimum absolute atomic E-state index is 0.0299. The summed E-state index contributed by atoms with van der Waals surface area (Å²) >= 11 is -2.53. The van der Waals surface area contributed by atoms with Gasteiger partial charge in [0, 0.05) is 0 Å². The third-order valence-electron chi connectivity index (χ3n) is 8.40. The molecule has 1 aliphatic heterocycles. The zero-order valence-electron chi connectivity index (χ0n) is 20.4. The molecule has 1 heterocycles. The average Bonchev–Trinajstić information content (AvgIpc) is 3.01. The van der Waals surface area contributed by atoms with Crippen molar-refractivity contribution in [3.05, 3.63) is 21.3 Å². The first-order valence-corrected chi connectivity index (χ1v) is 20.7. The molecule has 3 heteroatoms. The first kappa shape index (κ1) is 24.4. The third kappa shape index (κ3) is 5.21. The Bertz CT molecular complexity index is 642. The van der Waals surface area contributed by atoms with Crippen molar-refractivity contribution in [1.82, 2.24) is 0 Å². The van der Waals surface area contributed by atoms with Gasteiger partial charge < -0.3 is 0 Å². The van der Waals surface area contributed by atoms with Crippen molar-refractivity contribution in [2.75, 3.05) is 0 Å². The van der Waals surface area contributed by atoms with Crippen LogP contribution in [0.1, 0.15) is 98.8 Å². The van der Waals surface area contributed by atoms with E-state index in [9.17, 15) is 4.79 Å². The second-order valence-corrected chi connectivity index (χ2v) is 23.8. The van der Waals surface area contributed by atoms with Gasteiger partial charge in [0.2, 0.25) is 0 Å². The minimum atomic E-state index is -2.53. The van der Waals surface area contributed by atoms with Crippen molar-refractivity contribution < 1.29 is 9.53 Å². The van der Waals surface area contributed by atoms with E-state index in [1.54, 1.807) is 5.57 Å². The summed E-state index contributed by atoms with van der Waals surface area (Å²) in [5.41, 5.74) is 2.98. The van der Waals surface area contributed by atoms with Gasteiger partial charge in [-0.05, 0) is 0 Å². The number of unbranched alkanes of at least 4 members (excludes halogenated alkanes) is 3. The molecule has 0 unspecified atom stereocenters. The van der Waals surface area contributed by atoms with E-state index in [-0.39, 0.29) is 23.4 Å². The Hall–Kier alpha value is -0.251. The van der Waals surface area contributed by atoms with Crippen LogP contribution >= 0.6 is 0 Å². The van der Waals surface area contributed by atoms with E-state index in [2.05, 4.69) is 44.8 Å². The molecule has 3 aliphatic rings. The molecule has 1 saturated heterocycles. The third-order valence-corrected chi connectivity index (χ3v) is 22.6. The average molecular weight is 521 g/mol. The fraction of sp³-hybridized carbons (Fsp3) is 0.815. The van der Waals surface area contributed by atoms with Crippen LogP contribution in [0.5, 0.6) is 0 Å². The molecule has 3 rings (SSSR count). The second-order valence-electron chi connectivity index (χ2n) is 10.9. The fourth-order valence-electron chi connectivity index (χ4n) is 6.56. The summed E-state index contributed by atoms with van der Waals surface area (Å²) in [7, 11) is 0. The van der Waals surface area contributed by atoms with Crippen molar-refractivity contribution in [3.8, 4) is 0 Å². The standard InChI is InChI=1S/C15H19O2.3C4H9.Sn/c1-9-5-4-6-15(3)8-13-11(7-12(9)15)10(2)14(16)17-13;3*1-3-4-2;/h2,7,9,11,13H,4-6,8H2,1,3H3;3*1,3-4H2,2H3;/t9-,11+,13+,15+;;;;/m0..../s1. The first-order chi connectivity index (χ1) is 14.4. The number of hydrogen-bond donors (Lipinski definition) is 0. The predicted octanol–water partition coefficient (Wildman–Crippen LogP) is 8.00. The van der Waals surface area contributed by atoms with Crippen LogP contribution in [0.3, 0.4) is 0 Å². The van der Waals surface area contributed by atoms with E-state index in [0.29, 0.717) is 5.92 Å². The molecule has 0 bridgehead atoms. The summed E-state index contributed by atoms with van der Waals surface area (Å²) in [5.74, 6) is 0.930. The molecule has 2 aliphatic carbocycles. The Labute approximate surface area is 190 Å². The Morgan fingerprint density at radius 2 is 1.70 bits per heavy atom. The van der Waals surface area contributed by atoms with Gasteiger partial charge in [0.1, 0.15) is 0 Å². The summed E-state index contributed by atoms with van der Waals surface area (Å²) in [5, 5.41) is 0. The molecule has 4 atom stereocenters. The summed E-state index contributed by atoms with van der Waals surface area (Å²) in [6, 6.07) is 0. The van der Waals surface area contributed by atoms with Gasteiger partial charge in [-0.25, -0.2) is 0 Å². The molecule has 170 valence electrons. The fourth-order valence-corrected chi connectivity index (χ4v) is 21.8. The number of fused-ring (bicyclic) bond motifs is 2. The number of esters is 1. The molecular formula is C27H46O2Sn. The van der Waals surface area contributed by atoms with Crippen LogP contribution in [-0.4, -0.2) is 30.5 Å². The number of allylic oxidation sites excluding steroid dienone is 1. The maximum absolute atomic E-state index is 13.1. The number of carbonyl (C=O) groups is 1. The van der Waals surface area contributed by atoms with E-state index in [1.807, 2.05) is 0 Å². The van der Waals surface area contributed by atoms with E-state index in [4.69, 9.17) is 4.74 Å². The van der Waals surface area contributed by atoms with Crippen molar-refractivity contribution in [2.24, 2.45) is 17.3 Å². The number of hydrogen-bond acceptors (Lipinski definition) is 2. The molecule has 2 nitrogen and oxygen atoms in total. The summed E-state index contributed by atoms with van der Waals surface area (Å²) < 4.78 is 13.0. The molecule has 2 fully saturated rings. The number of rotatable bonds is 10. The zero-order chi connectivity index (χ0) is 21.8. The summed E-state index contributed by atoms with van der Waals surface area (Å²) in [4.78, 5) is 13.1. The SMILES string of the molecule is CCC[CH2][Sn](/[CH]=C1\C(=O)O[C@@H]2C[C@@]3(C)CCC[C@H](C)C3=C[C@H]12)([CH2]CCC)[CH2]CCC. The molecule has 0 aromatic heterocycles. The van der Waals surface area contributed by atoms with Crippen molar-refractivity contribution in [3.63, 3.8) is 0 Å². The Kier molecular flexibility index (Phi) is 8.60. The zero-order valence-corrected chi connectivity index (χ0v) is 23.2. The predicted molar refractivity (Wildman–Crippen MR) is 130 cm³/mol. The maximum atomic E-state index is 13.1. The normalized spacial score (nSPS) is 32.6. The first-order valence-electron chi connectivity index (χ1n) is 13.0. The summed E-state index contributed by atoms with van der Waals surface area (Å²) in [6.45, 7) is 11.8. The Morgan fingerprint density at radius 3 is 2.27 bits per heavy atom. The number of ether oxygens (including phenoxy) is 1. The molecule has 0 radical (unpaired) electrons. The van der Waals surface area contributed by atoms with Crippen LogP contribution in [0.25, 0.3) is 0 Å². The second kappa shape index (κ2) is 10.6. The van der Waals surface area contributed by atoms with Crippen molar-refractivity contribution in [2.45, 2.75) is 118 Å². The monoisotopic (exact) mass is 522 g/mol. The van der Waals surface area contributed by atoms with Crippen LogP contribution in [0.2, 0.25) is 13.3 Å². The van der Waals surface area contributed by atoms with E-state index in [0.717, 1.165) is 12.0 Å². The van der Waals surface area contributed by atoms with E-state index in [1.165, 1.54) is 71.1 Å². The molecular weight excluding hydrogens is 475 g/mol. The Morgan fingerprint density at radius 1 is 1.10 bits per heavy atom. The van der Waals surface area contributed by atoms with Gasteiger partial charge in [0.05, 0.1) is 0 Å².